The molecule has 0 aliphatic carbocycles. The summed E-state index contributed by atoms with van der Waals surface area (Å²) in [6.45, 7) is 2.57. The summed E-state index contributed by atoms with van der Waals surface area (Å²) in [7, 11) is 9.91. The van der Waals surface area contributed by atoms with E-state index in [0.29, 0.717) is 17.9 Å². The minimum Gasteiger partial charge on any atom is -0.507 e. The normalized spacial score (nSPS) is 11.3. The number of thioether (sulfide) groups is 1. The van der Waals surface area contributed by atoms with Gasteiger partial charge in [-0.05, 0) is 56.9 Å². The Bertz CT molecular complexity index is 1410. The van der Waals surface area contributed by atoms with Crippen LogP contribution in [0.15, 0.2) is 65.6 Å². The van der Waals surface area contributed by atoms with Crippen LogP contribution >= 0.6 is 11.8 Å². The van der Waals surface area contributed by atoms with E-state index in [2.05, 4.69) is 22.8 Å². The maximum absolute atomic E-state index is 13.4. The van der Waals surface area contributed by atoms with Gasteiger partial charge in [-0.2, -0.15) is 0 Å². The number of phenolic OH excluding ortho intramolecular Hbond substituents is 1. The summed E-state index contributed by atoms with van der Waals surface area (Å²) in [5, 5.41) is 12.4. The Balaban J connectivity index is 1.99. The van der Waals surface area contributed by atoms with Gasteiger partial charge in [0.25, 0.3) is 0 Å². The molecule has 6 nitrogen and oxygen atoms in total. The zero-order valence-electron chi connectivity index (χ0n) is 22.4. The summed E-state index contributed by atoms with van der Waals surface area (Å²) in [6, 6.07) is 20.3. The van der Waals surface area contributed by atoms with Crippen molar-refractivity contribution in [3.8, 4) is 16.9 Å². The highest BCUT2D eigenvalue weighted by Crippen LogP contribution is 2.43. The number of hydrogen-bond donors (Lipinski definition) is 1. The van der Waals surface area contributed by atoms with Gasteiger partial charge in [0, 0.05) is 66.2 Å². The molecule has 0 saturated carbocycles. The van der Waals surface area contributed by atoms with Crippen molar-refractivity contribution in [2.24, 2.45) is 7.05 Å². The highest BCUT2D eigenvalue weighted by Gasteiger charge is 2.28. The fourth-order valence-corrected chi connectivity index (χ4v) is 5.61. The molecule has 0 atom stereocenters. The number of aromatic nitrogens is 1. The lowest BCUT2D eigenvalue weighted by molar-refractivity contribution is 0.0527. The van der Waals surface area contributed by atoms with E-state index in [4.69, 9.17) is 4.74 Å². The zero-order chi connectivity index (χ0) is 26.7. The molecular formula is C30H35N3O3S. The van der Waals surface area contributed by atoms with E-state index in [1.54, 1.807) is 11.8 Å². The van der Waals surface area contributed by atoms with Crippen molar-refractivity contribution in [3.63, 3.8) is 0 Å². The van der Waals surface area contributed by atoms with Gasteiger partial charge in [-0.25, -0.2) is 4.79 Å². The average Bonchev–Trinajstić information content (AvgIpc) is 3.16. The van der Waals surface area contributed by atoms with E-state index in [-0.39, 0.29) is 18.3 Å². The SMILES string of the molecule is CCOC(=O)c1c(CSc2ccccc2)n(C)c2cc(-c3cccc(N(C)C)c3)c(O)c(CN(C)C)c12. The van der Waals surface area contributed by atoms with Crippen molar-refractivity contribution in [1.29, 1.82) is 0 Å². The molecule has 1 N–H and O–H groups in total. The van der Waals surface area contributed by atoms with E-state index >= 15 is 0 Å². The minimum absolute atomic E-state index is 0.190. The molecule has 0 spiro atoms. The Hall–Kier alpha value is -3.42. The molecule has 4 aromatic rings. The Labute approximate surface area is 223 Å². The molecule has 3 aromatic carbocycles. The quantitative estimate of drug-likeness (QED) is 0.212. The molecule has 0 fully saturated rings. The first kappa shape index (κ1) is 26.6. The third-order valence-electron chi connectivity index (χ3n) is 6.43. The first-order chi connectivity index (χ1) is 17.7. The number of ether oxygens (including phenoxy) is 1. The smallest absolute Gasteiger partial charge is 0.340 e. The second kappa shape index (κ2) is 11.3. The average molecular weight is 518 g/mol. The molecule has 194 valence electrons. The largest absolute Gasteiger partial charge is 0.507 e. The predicted molar refractivity (Wildman–Crippen MR) is 154 cm³/mol. The number of aromatic hydroxyl groups is 1. The molecule has 0 radical (unpaired) electrons. The van der Waals surface area contributed by atoms with Crippen LogP contribution in [-0.2, 0) is 24.1 Å². The molecule has 0 bridgehead atoms. The van der Waals surface area contributed by atoms with Crippen molar-refractivity contribution < 1.29 is 14.6 Å². The molecule has 37 heavy (non-hydrogen) atoms. The summed E-state index contributed by atoms with van der Waals surface area (Å²) in [5.74, 6) is 0.422. The number of phenols is 1. The lowest BCUT2D eigenvalue weighted by atomic mass is 9.95. The summed E-state index contributed by atoms with van der Waals surface area (Å²) < 4.78 is 7.62. The number of hydrogen-bond acceptors (Lipinski definition) is 6. The summed E-state index contributed by atoms with van der Waals surface area (Å²) in [4.78, 5) is 18.6. The first-order valence-corrected chi connectivity index (χ1v) is 13.3. The molecule has 0 unspecified atom stereocenters. The van der Waals surface area contributed by atoms with Gasteiger partial charge in [0.15, 0.2) is 0 Å². The predicted octanol–water partition coefficient (Wildman–Crippen LogP) is 6.15. The standard InChI is InChI=1S/C30H35N3O3S/c1-7-36-30(35)28-26(19-37-22-14-9-8-10-15-22)33(6)25-17-23(20-12-11-13-21(16-20)32(4)5)29(34)24(27(25)28)18-31(2)3/h8-17,34H,7,18-19H2,1-6H3. The maximum atomic E-state index is 13.4. The van der Waals surface area contributed by atoms with Crippen LogP contribution in [0.4, 0.5) is 5.69 Å². The van der Waals surface area contributed by atoms with Crippen LogP contribution in [0, 0.1) is 0 Å². The van der Waals surface area contributed by atoms with Gasteiger partial charge in [0.1, 0.15) is 5.75 Å². The van der Waals surface area contributed by atoms with Crippen LogP contribution in [0.1, 0.15) is 28.5 Å². The second-order valence-corrected chi connectivity index (χ2v) is 10.6. The van der Waals surface area contributed by atoms with E-state index in [9.17, 15) is 9.90 Å². The van der Waals surface area contributed by atoms with E-state index in [1.165, 1.54) is 0 Å². The Kier molecular flexibility index (Phi) is 8.15. The van der Waals surface area contributed by atoms with Gasteiger partial charge in [-0.1, -0.05) is 30.3 Å². The van der Waals surface area contributed by atoms with Gasteiger partial charge in [-0.3, -0.25) is 0 Å². The summed E-state index contributed by atoms with van der Waals surface area (Å²) in [6.07, 6.45) is 0. The van der Waals surface area contributed by atoms with Crippen LogP contribution in [0.3, 0.4) is 0 Å². The lowest BCUT2D eigenvalue weighted by Crippen LogP contribution is -2.13. The van der Waals surface area contributed by atoms with Crippen molar-refractivity contribution in [2.45, 2.75) is 24.1 Å². The molecule has 4 rings (SSSR count). The third-order valence-corrected chi connectivity index (χ3v) is 7.45. The van der Waals surface area contributed by atoms with Gasteiger partial charge in [0.2, 0.25) is 0 Å². The van der Waals surface area contributed by atoms with Crippen molar-refractivity contribution in [2.75, 3.05) is 39.7 Å². The van der Waals surface area contributed by atoms with Crippen molar-refractivity contribution >= 4 is 34.3 Å². The van der Waals surface area contributed by atoms with Crippen LogP contribution in [0.2, 0.25) is 0 Å². The van der Waals surface area contributed by atoms with Gasteiger partial charge >= 0.3 is 5.97 Å². The van der Waals surface area contributed by atoms with E-state index < -0.39 is 0 Å². The number of nitrogens with zero attached hydrogens (tertiary/aromatic N) is 3. The maximum Gasteiger partial charge on any atom is 0.340 e. The molecule has 0 saturated heterocycles. The van der Waals surface area contributed by atoms with E-state index in [0.717, 1.165) is 43.9 Å². The van der Waals surface area contributed by atoms with Crippen LogP contribution in [0.5, 0.6) is 5.75 Å². The minimum atomic E-state index is -0.362. The highest BCUT2D eigenvalue weighted by molar-refractivity contribution is 7.98. The zero-order valence-corrected chi connectivity index (χ0v) is 23.2. The first-order valence-electron chi connectivity index (χ1n) is 12.4. The molecule has 0 aliphatic heterocycles. The second-order valence-electron chi connectivity index (χ2n) is 9.53. The fraction of sp³-hybridized carbons (Fsp3) is 0.300. The number of carbonyl (C=O) groups is 1. The van der Waals surface area contributed by atoms with Gasteiger partial charge in [0.05, 0.1) is 17.7 Å². The Morgan fingerprint density at radius 1 is 1.03 bits per heavy atom. The topological polar surface area (TPSA) is 57.9 Å². The Morgan fingerprint density at radius 3 is 2.41 bits per heavy atom. The molecule has 0 amide bonds. The van der Waals surface area contributed by atoms with Crippen LogP contribution in [-0.4, -0.2) is 55.3 Å². The monoisotopic (exact) mass is 517 g/mol. The molecule has 0 aliphatic rings. The molecular weight excluding hydrogens is 482 g/mol. The molecule has 1 heterocycles. The number of rotatable bonds is 9. The van der Waals surface area contributed by atoms with Gasteiger partial charge < -0.3 is 24.2 Å². The van der Waals surface area contributed by atoms with E-state index in [1.807, 2.05) is 94.4 Å². The lowest BCUT2D eigenvalue weighted by Gasteiger charge is -2.18. The number of fused-ring (bicyclic) bond motifs is 1. The van der Waals surface area contributed by atoms with Crippen LogP contribution in [0.25, 0.3) is 22.0 Å². The molecule has 1 aromatic heterocycles. The van der Waals surface area contributed by atoms with Crippen LogP contribution < -0.4 is 4.90 Å². The molecule has 7 heteroatoms. The van der Waals surface area contributed by atoms with Gasteiger partial charge in [-0.15, -0.1) is 11.8 Å². The third kappa shape index (κ3) is 5.48. The highest BCUT2D eigenvalue weighted by atomic mass is 32.2. The van der Waals surface area contributed by atoms with Crippen molar-refractivity contribution in [3.05, 3.63) is 77.5 Å². The number of anilines is 1. The number of esters is 1. The Morgan fingerprint density at radius 2 is 1.76 bits per heavy atom. The number of benzene rings is 3. The van der Waals surface area contributed by atoms with Crippen molar-refractivity contribution in [1.82, 2.24) is 9.47 Å². The summed E-state index contributed by atoms with van der Waals surface area (Å²) in [5.41, 5.74) is 5.74. The number of aryl methyl sites for hydroxylation is 1. The summed E-state index contributed by atoms with van der Waals surface area (Å²) >= 11 is 1.68. The number of carbonyl (C=O) groups excluding carboxylic acids is 1. The fourth-order valence-electron chi connectivity index (χ4n) is 4.62.